The molecule has 1 fully saturated rings. The predicted molar refractivity (Wildman–Crippen MR) is 129 cm³/mol. The van der Waals surface area contributed by atoms with Crippen LogP contribution in [0.1, 0.15) is 55.1 Å². The van der Waals surface area contributed by atoms with E-state index in [1.54, 1.807) is 23.0 Å². The van der Waals surface area contributed by atoms with Gasteiger partial charge in [0.25, 0.3) is 11.5 Å². The first-order valence-electron chi connectivity index (χ1n) is 11.2. The Balaban J connectivity index is 1.52. The van der Waals surface area contributed by atoms with Gasteiger partial charge in [0, 0.05) is 41.6 Å². The molecule has 4 rings (SSSR count). The second-order valence-electron chi connectivity index (χ2n) is 9.08. The number of hydrogen-bond acceptors (Lipinski definition) is 7. The van der Waals surface area contributed by atoms with E-state index in [9.17, 15) is 14.7 Å². The van der Waals surface area contributed by atoms with E-state index in [2.05, 4.69) is 28.5 Å². The zero-order valence-corrected chi connectivity index (χ0v) is 19.6. The van der Waals surface area contributed by atoms with Crippen molar-refractivity contribution in [3.8, 4) is 11.1 Å². The van der Waals surface area contributed by atoms with Gasteiger partial charge >= 0.3 is 0 Å². The van der Waals surface area contributed by atoms with Gasteiger partial charge in [0.15, 0.2) is 0 Å². The van der Waals surface area contributed by atoms with Crippen molar-refractivity contribution in [1.29, 1.82) is 0 Å². The minimum atomic E-state index is -0.621. The van der Waals surface area contributed by atoms with E-state index in [0.717, 1.165) is 23.1 Å². The molecular formula is C24H29N5O3S. The quantitative estimate of drug-likeness (QED) is 0.490. The number of carbonyl (C=O) groups is 1. The van der Waals surface area contributed by atoms with Crippen LogP contribution in [0.4, 0.5) is 5.69 Å². The number of rotatable bonds is 7. The summed E-state index contributed by atoms with van der Waals surface area (Å²) in [6.45, 7) is 4.77. The fourth-order valence-corrected chi connectivity index (χ4v) is 4.93. The summed E-state index contributed by atoms with van der Waals surface area (Å²) in [5.74, 6) is -0.103. The van der Waals surface area contributed by atoms with Gasteiger partial charge in [0.1, 0.15) is 11.4 Å². The van der Waals surface area contributed by atoms with Crippen molar-refractivity contribution in [2.45, 2.75) is 57.7 Å². The number of nitrogens with two attached hydrogens (primary N) is 1. The summed E-state index contributed by atoms with van der Waals surface area (Å²) in [6, 6.07) is 5.10. The maximum atomic E-state index is 13.1. The van der Waals surface area contributed by atoms with Crippen LogP contribution in [0.15, 0.2) is 47.0 Å². The molecule has 1 aliphatic carbocycles. The normalized spacial score (nSPS) is 20.7. The van der Waals surface area contributed by atoms with E-state index in [1.165, 1.54) is 11.5 Å². The zero-order valence-electron chi connectivity index (χ0n) is 18.8. The highest BCUT2D eigenvalue weighted by atomic mass is 32.1. The first kappa shape index (κ1) is 23.1. The number of nitrogens with zero attached hydrogens (tertiary/aromatic N) is 3. The SMILES string of the molecule is CC(C)Cn1cc(-c2cnsc2)cc(NC2CCC(c3ccc(C(N)=O)nc3)CC2O)c1=O. The van der Waals surface area contributed by atoms with Gasteiger partial charge in [-0.15, -0.1) is 0 Å². The van der Waals surface area contributed by atoms with E-state index in [0.29, 0.717) is 31.0 Å². The highest BCUT2D eigenvalue weighted by Gasteiger charge is 2.31. The molecule has 1 saturated carbocycles. The number of aliphatic hydroxyl groups excluding tert-OH is 1. The molecule has 0 aliphatic heterocycles. The number of carbonyl (C=O) groups excluding carboxylic acids is 1. The minimum absolute atomic E-state index is 0.0868. The van der Waals surface area contributed by atoms with E-state index < -0.39 is 12.0 Å². The van der Waals surface area contributed by atoms with Crippen molar-refractivity contribution >= 4 is 23.1 Å². The van der Waals surface area contributed by atoms with Crippen LogP contribution in [-0.2, 0) is 6.54 Å². The Morgan fingerprint density at radius 3 is 2.73 bits per heavy atom. The summed E-state index contributed by atoms with van der Waals surface area (Å²) in [5, 5.41) is 16.2. The van der Waals surface area contributed by atoms with Gasteiger partial charge in [-0.3, -0.25) is 14.6 Å². The molecule has 3 aromatic rings. The Kier molecular flexibility index (Phi) is 6.90. The van der Waals surface area contributed by atoms with E-state index in [1.807, 2.05) is 23.7 Å². The highest BCUT2D eigenvalue weighted by molar-refractivity contribution is 7.03. The smallest absolute Gasteiger partial charge is 0.273 e. The molecule has 174 valence electrons. The standard InChI is InChI=1S/C24H29N5O3S/c1-14(2)11-29-12-17(18-10-27-33-13-18)7-21(24(29)32)28-19-5-3-15(8-22(19)30)16-4-6-20(23(25)31)26-9-16/h4,6-7,9-10,12-15,19,22,28,30H,3,5,8,11H2,1-2H3,(H2,25,31). The largest absolute Gasteiger partial charge is 0.391 e. The summed E-state index contributed by atoms with van der Waals surface area (Å²) in [6.07, 6.45) is 6.80. The molecule has 4 N–H and O–H groups in total. The number of pyridine rings is 2. The molecule has 0 saturated heterocycles. The summed E-state index contributed by atoms with van der Waals surface area (Å²) >= 11 is 1.37. The van der Waals surface area contributed by atoms with Crippen molar-refractivity contribution in [2.24, 2.45) is 11.7 Å². The Morgan fingerprint density at radius 2 is 2.12 bits per heavy atom. The lowest BCUT2D eigenvalue weighted by Gasteiger charge is -2.34. The predicted octanol–water partition coefficient (Wildman–Crippen LogP) is 3.23. The lowest BCUT2D eigenvalue weighted by Crippen LogP contribution is -2.40. The van der Waals surface area contributed by atoms with Gasteiger partial charge in [-0.05, 0) is 60.3 Å². The van der Waals surface area contributed by atoms with Crippen LogP contribution in [0.5, 0.6) is 0 Å². The Morgan fingerprint density at radius 1 is 1.30 bits per heavy atom. The molecular weight excluding hydrogens is 438 g/mol. The van der Waals surface area contributed by atoms with Crippen molar-refractivity contribution in [3.63, 3.8) is 0 Å². The van der Waals surface area contributed by atoms with Crippen LogP contribution >= 0.6 is 11.5 Å². The van der Waals surface area contributed by atoms with Gasteiger partial charge in [-0.2, -0.15) is 0 Å². The first-order valence-corrected chi connectivity index (χ1v) is 12.0. The molecule has 0 aromatic carbocycles. The van der Waals surface area contributed by atoms with Crippen molar-refractivity contribution in [2.75, 3.05) is 5.32 Å². The molecule has 33 heavy (non-hydrogen) atoms. The molecule has 3 unspecified atom stereocenters. The topological polar surface area (TPSA) is 123 Å². The van der Waals surface area contributed by atoms with Crippen molar-refractivity contribution in [1.82, 2.24) is 13.9 Å². The van der Waals surface area contributed by atoms with Crippen molar-refractivity contribution < 1.29 is 9.90 Å². The molecule has 0 bridgehead atoms. The number of primary amides is 1. The fraction of sp³-hybridized carbons (Fsp3) is 0.417. The average molecular weight is 468 g/mol. The summed E-state index contributed by atoms with van der Waals surface area (Å²) in [4.78, 5) is 28.5. The zero-order chi connectivity index (χ0) is 23.5. The van der Waals surface area contributed by atoms with Gasteiger partial charge < -0.3 is 20.7 Å². The van der Waals surface area contributed by atoms with E-state index >= 15 is 0 Å². The van der Waals surface area contributed by atoms with E-state index in [4.69, 9.17) is 5.73 Å². The van der Waals surface area contributed by atoms with Crippen LogP contribution in [0, 0.1) is 5.92 Å². The molecule has 1 amide bonds. The minimum Gasteiger partial charge on any atom is -0.391 e. The van der Waals surface area contributed by atoms with Crippen LogP contribution in [0.2, 0.25) is 0 Å². The van der Waals surface area contributed by atoms with E-state index in [-0.39, 0.29) is 23.2 Å². The number of nitrogens with one attached hydrogen (secondary N) is 1. The van der Waals surface area contributed by atoms with Gasteiger partial charge in [-0.1, -0.05) is 19.9 Å². The summed E-state index contributed by atoms with van der Waals surface area (Å²) < 4.78 is 5.92. The molecule has 9 heteroatoms. The molecule has 3 aromatic heterocycles. The highest BCUT2D eigenvalue weighted by Crippen LogP contribution is 2.34. The van der Waals surface area contributed by atoms with Crippen LogP contribution in [0.25, 0.3) is 11.1 Å². The third-order valence-electron chi connectivity index (χ3n) is 6.08. The third-order valence-corrected chi connectivity index (χ3v) is 6.67. The van der Waals surface area contributed by atoms with Gasteiger partial charge in [0.05, 0.1) is 12.1 Å². The summed E-state index contributed by atoms with van der Waals surface area (Å²) in [5.41, 5.74) is 8.78. The van der Waals surface area contributed by atoms with Gasteiger partial charge in [0.2, 0.25) is 0 Å². The maximum absolute atomic E-state index is 13.1. The number of anilines is 1. The fourth-order valence-electron chi connectivity index (χ4n) is 4.38. The third kappa shape index (κ3) is 5.31. The summed E-state index contributed by atoms with van der Waals surface area (Å²) in [7, 11) is 0. The van der Waals surface area contributed by atoms with Gasteiger partial charge in [-0.25, -0.2) is 4.37 Å². The van der Waals surface area contributed by atoms with Crippen LogP contribution in [-0.4, -0.2) is 37.1 Å². The average Bonchev–Trinajstić information content (AvgIpc) is 3.32. The Bertz CT molecular complexity index is 1160. The maximum Gasteiger partial charge on any atom is 0.273 e. The van der Waals surface area contributed by atoms with Crippen LogP contribution < -0.4 is 16.6 Å². The number of hydrogen-bond donors (Lipinski definition) is 3. The van der Waals surface area contributed by atoms with Crippen molar-refractivity contribution in [3.05, 3.63) is 63.8 Å². The molecule has 0 spiro atoms. The molecule has 0 radical (unpaired) electrons. The Hall–Kier alpha value is -3.04. The number of aromatic nitrogens is 3. The molecule has 1 aliphatic rings. The van der Waals surface area contributed by atoms with Crippen LogP contribution in [0.3, 0.4) is 0 Å². The number of amides is 1. The second kappa shape index (κ2) is 9.84. The molecule has 8 nitrogen and oxygen atoms in total. The first-order chi connectivity index (χ1) is 15.8. The number of aliphatic hydroxyl groups is 1. The second-order valence-corrected chi connectivity index (χ2v) is 9.73. The Labute approximate surface area is 196 Å². The monoisotopic (exact) mass is 467 g/mol. The molecule has 3 heterocycles. The lowest BCUT2D eigenvalue weighted by molar-refractivity contribution is 0.0994. The molecule has 3 atom stereocenters. The lowest BCUT2D eigenvalue weighted by atomic mass is 9.80.